The maximum absolute atomic E-state index is 12.0. The van der Waals surface area contributed by atoms with E-state index >= 15 is 0 Å². The summed E-state index contributed by atoms with van der Waals surface area (Å²) in [5.41, 5.74) is 4.83. The van der Waals surface area contributed by atoms with Crippen LogP contribution in [0.15, 0.2) is 48.5 Å². The van der Waals surface area contributed by atoms with Crippen molar-refractivity contribution in [2.75, 3.05) is 10.5 Å². The van der Waals surface area contributed by atoms with Crippen LogP contribution in [0.5, 0.6) is 0 Å². The molecule has 0 spiro atoms. The minimum atomic E-state index is -3.42. The Morgan fingerprint density at radius 1 is 1.12 bits per heavy atom. The summed E-state index contributed by atoms with van der Waals surface area (Å²) in [6.45, 7) is 6.27. The first kappa shape index (κ1) is 22.0. The van der Waals surface area contributed by atoms with E-state index in [1.165, 1.54) is 5.56 Å². The summed E-state index contributed by atoms with van der Waals surface area (Å²) in [7, 11) is -3.42. The molecule has 1 aliphatic carbocycles. The smallest absolute Gasteiger partial charge is 0.233 e. The second-order valence-electron chi connectivity index (χ2n) is 7.58. The quantitative estimate of drug-likeness (QED) is 0.428. The van der Waals surface area contributed by atoms with E-state index in [0.717, 1.165) is 35.3 Å². The first-order chi connectivity index (χ1) is 15.5. The van der Waals surface area contributed by atoms with Crippen LogP contribution in [0.3, 0.4) is 0 Å². The van der Waals surface area contributed by atoms with Crippen LogP contribution in [0.1, 0.15) is 50.8 Å². The molecule has 32 heavy (non-hydrogen) atoms. The Hall–Kier alpha value is -3.20. The Morgan fingerprint density at radius 3 is 2.56 bits per heavy atom. The molecule has 0 unspecified atom stereocenters. The van der Waals surface area contributed by atoms with Gasteiger partial charge < -0.3 is 0 Å². The topological polar surface area (TPSA) is 106 Å². The molecule has 2 aromatic heterocycles. The van der Waals surface area contributed by atoms with Crippen LogP contribution in [0.2, 0.25) is 0 Å². The Bertz CT molecular complexity index is 1310. The van der Waals surface area contributed by atoms with E-state index in [9.17, 15) is 8.42 Å². The Morgan fingerprint density at radius 2 is 1.88 bits per heavy atom. The normalized spacial score (nSPS) is 13.6. The predicted molar refractivity (Wildman–Crippen MR) is 127 cm³/mol. The summed E-state index contributed by atoms with van der Waals surface area (Å²) in [4.78, 5) is 0. The number of nitrogens with one attached hydrogen (secondary N) is 2. The molecular formula is C23H28N6O2S. The van der Waals surface area contributed by atoms with E-state index in [4.69, 9.17) is 0 Å². The van der Waals surface area contributed by atoms with Crippen LogP contribution in [0, 0.1) is 0 Å². The number of hydrogen-bond donors (Lipinski definition) is 2. The summed E-state index contributed by atoms with van der Waals surface area (Å²) in [5, 5.41) is 16.7. The monoisotopic (exact) mass is 452 g/mol. The van der Waals surface area contributed by atoms with Gasteiger partial charge in [0.05, 0.1) is 23.5 Å². The van der Waals surface area contributed by atoms with Gasteiger partial charge in [-0.25, -0.2) is 13.1 Å². The van der Waals surface area contributed by atoms with Gasteiger partial charge in [0.1, 0.15) is 5.69 Å². The number of rotatable bonds is 7. The number of anilines is 1. The third kappa shape index (κ3) is 4.52. The number of sulfonamides is 1. The number of aromatic nitrogens is 5. The van der Waals surface area contributed by atoms with Crippen molar-refractivity contribution in [3.8, 4) is 11.3 Å². The maximum atomic E-state index is 12.0. The number of nitrogens with zero attached hydrogens (tertiary/aromatic N) is 4. The molecule has 5 rings (SSSR count). The molecule has 8 nitrogen and oxygen atoms in total. The van der Waals surface area contributed by atoms with E-state index in [0.29, 0.717) is 23.7 Å². The molecule has 0 bridgehead atoms. The molecule has 9 heteroatoms. The molecule has 1 fully saturated rings. The lowest BCUT2D eigenvalue weighted by molar-refractivity contribution is 0.602. The molecule has 0 radical (unpaired) electrons. The minimum absolute atomic E-state index is 0.0132. The van der Waals surface area contributed by atoms with E-state index in [1.807, 2.05) is 54.9 Å². The van der Waals surface area contributed by atoms with E-state index < -0.39 is 10.0 Å². The Labute approximate surface area is 188 Å². The second-order valence-corrected chi connectivity index (χ2v) is 9.59. The molecule has 0 aliphatic heterocycles. The van der Waals surface area contributed by atoms with E-state index in [1.54, 1.807) is 6.92 Å². The van der Waals surface area contributed by atoms with Gasteiger partial charge >= 0.3 is 0 Å². The summed E-state index contributed by atoms with van der Waals surface area (Å²) in [5.74, 6) is 0.746. The molecule has 2 N–H and O–H groups in total. The lowest BCUT2D eigenvalue weighted by Gasteiger charge is -2.08. The van der Waals surface area contributed by atoms with Crippen molar-refractivity contribution in [3.63, 3.8) is 0 Å². The van der Waals surface area contributed by atoms with Gasteiger partial charge in [-0.1, -0.05) is 55.5 Å². The van der Waals surface area contributed by atoms with Crippen molar-refractivity contribution in [2.24, 2.45) is 0 Å². The van der Waals surface area contributed by atoms with Crippen LogP contribution in [-0.4, -0.2) is 39.4 Å². The van der Waals surface area contributed by atoms with Crippen LogP contribution in [0.25, 0.3) is 22.2 Å². The number of fused-ring (bicyclic) bond motifs is 1. The maximum Gasteiger partial charge on any atom is 0.233 e. The highest BCUT2D eigenvalue weighted by Crippen LogP contribution is 2.44. The van der Waals surface area contributed by atoms with Crippen molar-refractivity contribution in [3.05, 3.63) is 59.8 Å². The largest absolute Gasteiger partial charge is 0.276 e. The van der Waals surface area contributed by atoms with Crippen molar-refractivity contribution < 1.29 is 8.42 Å². The molecule has 1 aliphatic rings. The van der Waals surface area contributed by atoms with Gasteiger partial charge in [-0.2, -0.15) is 5.10 Å². The zero-order valence-corrected chi connectivity index (χ0v) is 19.4. The van der Waals surface area contributed by atoms with Crippen molar-refractivity contribution >= 4 is 26.7 Å². The SMILES string of the molecule is CC.CCS(=O)(=O)Nc1n[nH]c2ccc(-c3nnn(Cc4ccccc4)c3C3CC3)cc12. The Kier molecular flexibility index (Phi) is 6.27. The number of hydrogen-bond acceptors (Lipinski definition) is 5. The van der Waals surface area contributed by atoms with Crippen molar-refractivity contribution in [1.29, 1.82) is 0 Å². The van der Waals surface area contributed by atoms with Crippen LogP contribution < -0.4 is 4.72 Å². The fourth-order valence-electron chi connectivity index (χ4n) is 3.62. The van der Waals surface area contributed by atoms with Gasteiger partial charge in [0.15, 0.2) is 5.82 Å². The number of aromatic amines is 1. The standard InChI is InChI=1S/C21H22N6O2S.C2H6/c1-2-30(28,29)25-21-17-12-16(10-11-18(17)22-24-21)19-20(15-8-9-15)27(26-23-19)13-14-6-4-3-5-7-14;1-2/h3-7,10-12,15H,2,8-9,13H2,1H3,(H2,22,24,25);1-2H3. The summed E-state index contributed by atoms with van der Waals surface area (Å²) < 4.78 is 28.5. The van der Waals surface area contributed by atoms with Crippen molar-refractivity contribution in [2.45, 2.75) is 46.1 Å². The van der Waals surface area contributed by atoms with Crippen LogP contribution in [-0.2, 0) is 16.6 Å². The molecule has 168 valence electrons. The van der Waals surface area contributed by atoms with Gasteiger partial charge in [0, 0.05) is 16.9 Å². The van der Waals surface area contributed by atoms with Gasteiger partial charge in [-0.15, -0.1) is 5.10 Å². The zero-order valence-electron chi connectivity index (χ0n) is 18.5. The fourth-order valence-corrected chi connectivity index (χ4v) is 4.21. The highest BCUT2D eigenvalue weighted by Gasteiger charge is 2.32. The molecule has 2 heterocycles. The summed E-state index contributed by atoms with van der Waals surface area (Å²) >= 11 is 0. The first-order valence-electron chi connectivity index (χ1n) is 11.0. The van der Waals surface area contributed by atoms with Gasteiger partial charge in [-0.05, 0) is 37.5 Å². The van der Waals surface area contributed by atoms with E-state index in [-0.39, 0.29) is 5.75 Å². The van der Waals surface area contributed by atoms with Gasteiger partial charge in [-0.3, -0.25) is 9.82 Å². The predicted octanol–water partition coefficient (Wildman–Crippen LogP) is 4.53. The molecule has 1 saturated carbocycles. The molecule has 0 saturated heterocycles. The highest BCUT2D eigenvalue weighted by atomic mass is 32.2. The minimum Gasteiger partial charge on any atom is -0.276 e. The third-order valence-corrected chi connectivity index (χ3v) is 6.65. The molecule has 4 aromatic rings. The average Bonchev–Trinajstić information content (AvgIpc) is 3.46. The number of benzene rings is 2. The molecular weight excluding hydrogens is 424 g/mol. The highest BCUT2D eigenvalue weighted by molar-refractivity contribution is 7.92. The molecule has 2 aromatic carbocycles. The van der Waals surface area contributed by atoms with Crippen molar-refractivity contribution in [1.82, 2.24) is 25.2 Å². The second kappa shape index (κ2) is 9.12. The summed E-state index contributed by atoms with van der Waals surface area (Å²) in [6, 6.07) is 16.0. The number of H-pyrrole nitrogens is 1. The lowest BCUT2D eigenvalue weighted by atomic mass is 10.1. The fraction of sp³-hybridized carbons (Fsp3) is 0.348. The summed E-state index contributed by atoms with van der Waals surface area (Å²) in [6.07, 6.45) is 2.26. The van der Waals surface area contributed by atoms with Crippen LogP contribution >= 0.6 is 0 Å². The van der Waals surface area contributed by atoms with Gasteiger partial charge in [0.25, 0.3) is 0 Å². The van der Waals surface area contributed by atoms with Gasteiger partial charge in [0.2, 0.25) is 10.0 Å². The molecule has 0 atom stereocenters. The average molecular weight is 453 g/mol. The lowest BCUT2D eigenvalue weighted by Crippen LogP contribution is -2.14. The van der Waals surface area contributed by atoms with Crippen LogP contribution in [0.4, 0.5) is 5.82 Å². The Balaban J connectivity index is 0.00000119. The molecule has 0 amide bonds. The zero-order chi connectivity index (χ0) is 22.7. The van der Waals surface area contributed by atoms with E-state index in [2.05, 4.69) is 37.4 Å². The third-order valence-electron chi connectivity index (χ3n) is 5.38. The first-order valence-corrected chi connectivity index (χ1v) is 12.7.